The van der Waals surface area contributed by atoms with E-state index in [4.69, 9.17) is 10.5 Å². The standard InChI is InChI=1S/C18H22FN5O3/c19-4-1-9-27-18(26)24-7-5-23(6-8-24)14-10-15-13(2-3-16(20)25)11-21-17(15)22-12-14/h2-3,10-12H,1,4-9H2,(H2,20,25)(H,21,22). The lowest BCUT2D eigenvalue weighted by Crippen LogP contribution is -2.49. The predicted octanol–water partition coefficient (Wildman–Crippen LogP) is 1.68. The van der Waals surface area contributed by atoms with Crippen LogP contribution in [0.25, 0.3) is 17.1 Å². The molecule has 0 aliphatic carbocycles. The molecule has 8 nitrogen and oxygen atoms in total. The van der Waals surface area contributed by atoms with E-state index in [0.717, 1.165) is 22.3 Å². The number of aromatic nitrogens is 2. The van der Waals surface area contributed by atoms with Crippen molar-refractivity contribution in [3.8, 4) is 0 Å². The number of aromatic amines is 1. The number of halogens is 1. The second-order valence-electron chi connectivity index (χ2n) is 6.20. The van der Waals surface area contributed by atoms with Gasteiger partial charge in [0.1, 0.15) is 5.65 Å². The van der Waals surface area contributed by atoms with Crippen LogP contribution in [-0.4, -0.2) is 66.3 Å². The number of nitrogens with one attached hydrogen (secondary N) is 1. The lowest BCUT2D eigenvalue weighted by atomic mass is 10.2. The third kappa shape index (κ3) is 4.55. The highest BCUT2D eigenvalue weighted by Crippen LogP contribution is 2.24. The molecule has 1 aliphatic rings. The summed E-state index contributed by atoms with van der Waals surface area (Å²) in [6, 6.07) is 1.99. The highest BCUT2D eigenvalue weighted by molar-refractivity contribution is 5.95. The molecule has 0 unspecified atom stereocenters. The quantitative estimate of drug-likeness (QED) is 0.590. The number of nitrogens with zero attached hydrogens (tertiary/aromatic N) is 3. The fourth-order valence-electron chi connectivity index (χ4n) is 2.95. The Morgan fingerprint density at radius 1 is 1.33 bits per heavy atom. The first-order chi connectivity index (χ1) is 13.1. The first-order valence-corrected chi connectivity index (χ1v) is 8.75. The minimum Gasteiger partial charge on any atom is -0.449 e. The molecular weight excluding hydrogens is 353 g/mol. The van der Waals surface area contributed by atoms with Crippen LogP contribution in [0.2, 0.25) is 0 Å². The molecule has 9 heteroatoms. The fourth-order valence-corrected chi connectivity index (χ4v) is 2.95. The molecule has 2 aromatic rings. The highest BCUT2D eigenvalue weighted by atomic mass is 19.1. The molecule has 0 bridgehead atoms. The van der Waals surface area contributed by atoms with Gasteiger partial charge in [0, 0.05) is 55.8 Å². The lowest BCUT2D eigenvalue weighted by molar-refractivity contribution is -0.113. The summed E-state index contributed by atoms with van der Waals surface area (Å²) in [6.45, 7) is 1.93. The maximum absolute atomic E-state index is 12.1. The molecule has 3 heterocycles. The van der Waals surface area contributed by atoms with Gasteiger partial charge in [-0.2, -0.15) is 0 Å². The van der Waals surface area contributed by atoms with Crippen molar-refractivity contribution < 1.29 is 18.7 Å². The molecule has 3 rings (SSSR count). The molecule has 1 aliphatic heterocycles. The molecule has 27 heavy (non-hydrogen) atoms. The zero-order valence-electron chi connectivity index (χ0n) is 14.9. The molecule has 1 fully saturated rings. The number of H-pyrrole nitrogens is 1. The summed E-state index contributed by atoms with van der Waals surface area (Å²) in [7, 11) is 0. The summed E-state index contributed by atoms with van der Waals surface area (Å²) in [5.74, 6) is -0.511. The van der Waals surface area contributed by atoms with Crippen molar-refractivity contribution in [1.82, 2.24) is 14.9 Å². The lowest BCUT2D eigenvalue weighted by Gasteiger charge is -2.35. The van der Waals surface area contributed by atoms with Crippen LogP contribution in [0.15, 0.2) is 24.5 Å². The number of pyridine rings is 1. The summed E-state index contributed by atoms with van der Waals surface area (Å²) in [6.07, 6.45) is 6.32. The van der Waals surface area contributed by atoms with E-state index < -0.39 is 18.7 Å². The Balaban J connectivity index is 1.65. The average molecular weight is 375 g/mol. The number of ether oxygens (including phenoxy) is 1. The van der Waals surface area contributed by atoms with Crippen LogP contribution < -0.4 is 10.6 Å². The highest BCUT2D eigenvalue weighted by Gasteiger charge is 2.22. The number of hydrogen-bond acceptors (Lipinski definition) is 5. The Bertz CT molecular complexity index is 843. The smallest absolute Gasteiger partial charge is 0.409 e. The number of rotatable bonds is 6. The van der Waals surface area contributed by atoms with Gasteiger partial charge in [0.25, 0.3) is 0 Å². The predicted molar refractivity (Wildman–Crippen MR) is 100 cm³/mol. The summed E-state index contributed by atoms with van der Waals surface area (Å²) in [4.78, 5) is 34.1. The number of carbonyl (C=O) groups is 2. The van der Waals surface area contributed by atoms with Gasteiger partial charge in [-0.3, -0.25) is 9.18 Å². The van der Waals surface area contributed by atoms with Crippen molar-refractivity contribution in [3.05, 3.63) is 30.1 Å². The first-order valence-electron chi connectivity index (χ1n) is 8.75. The first kappa shape index (κ1) is 18.7. The topological polar surface area (TPSA) is 105 Å². The third-order valence-electron chi connectivity index (χ3n) is 4.38. The van der Waals surface area contributed by atoms with Crippen LogP contribution in [-0.2, 0) is 9.53 Å². The van der Waals surface area contributed by atoms with Crippen LogP contribution in [0.5, 0.6) is 0 Å². The van der Waals surface area contributed by atoms with Gasteiger partial charge in [-0.05, 0) is 12.1 Å². The minimum atomic E-state index is -0.511. The van der Waals surface area contributed by atoms with Crippen molar-refractivity contribution in [1.29, 1.82) is 0 Å². The maximum atomic E-state index is 12.1. The molecule has 0 spiro atoms. The Labute approximate surface area is 155 Å². The maximum Gasteiger partial charge on any atom is 0.409 e. The molecule has 3 N–H and O–H groups in total. The van der Waals surface area contributed by atoms with Crippen LogP contribution in [0.4, 0.5) is 14.9 Å². The van der Waals surface area contributed by atoms with E-state index in [2.05, 4.69) is 14.9 Å². The summed E-state index contributed by atoms with van der Waals surface area (Å²) < 4.78 is 17.1. The van der Waals surface area contributed by atoms with Crippen molar-refractivity contribution in [2.75, 3.05) is 44.4 Å². The number of fused-ring (bicyclic) bond motifs is 1. The number of hydrogen-bond donors (Lipinski definition) is 2. The van der Waals surface area contributed by atoms with Crippen LogP contribution in [0.1, 0.15) is 12.0 Å². The molecule has 1 saturated heterocycles. The fraction of sp³-hybridized carbons (Fsp3) is 0.389. The van der Waals surface area contributed by atoms with Gasteiger partial charge in [-0.25, -0.2) is 9.78 Å². The van der Waals surface area contributed by atoms with Gasteiger partial charge in [0.05, 0.1) is 25.2 Å². The Morgan fingerprint density at radius 2 is 2.11 bits per heavy atom. The largest absolute Gasteiger partial charge is 0.449 e. The second-order valence-corrected chi connectivity index (χ2v) is 6.20. The Kier molecular flexibility index (Phi) is 5.90. The van der Waals surface area contributed by atoms with E-state index in [9.17, 15) is 14.0 Å². The van der Waals surface area contributed by atoms with E-state index in [1.807, 2.05) is 6.07 Å². The van der Waals surface area contributed by atoms with Gasteiger partial charge in [-0.1, -0.05) is 0 Å². The summed E-state index contributed by atoms with van der Waals surface area (Å²) in [5, 5.41) is 0.887. The van der Waals surface area contributed by atoms with E-state index in [1.165, 1.54) is 6.08 Å². The monoisotopic (exact) mass is 375 g/mol. The van der Waals surface area contributed by atoms with Crippen molar-refractivity contribution in [2.24, 2.45) is 5.73 Å². The van der Waals surface area contributed by atoms with Gasteiger partial charge >= 0.3 is 6.09 Å². The number of piperazine rings is 1. The average Bonchev–Trinajstić information content (AvgIpc) is 3.09. The zero-order valence-corrected chi connectivity index (χ0v) is 14.9. The number of alkyl halides is 1. The molecular formula is C18H22FN5O3. The van der Waals surface area contributed by atoms with Crippen molar-refractivity contribution in [2.45, 2.75) is 6.42 Å². The van der Waals surface area contributed by atoms with Gasteiger partial charge in [0.2, 0.25) is 5.91 Å². The van der Waals surface area contributed by atoms with Gasteiger partial charge < -0.3 is 25.3 Å². The Morgan fingerprint density at radius 3 is 2.81 bits per heavy atom. The molecule has 0 radical (unpaired) electrons. The zero-order chi connectivity index (χ0) is 19.2. The molecule has 2 aromatic heterocycles. The second kappa shape index (κ2) is 8.52. The molecule has 0 saturated carbocycles. The van der Waals surface area contributed by atoms with E-state index in [-0.39, 0.29) is 13.0 Å². The van der Waals surface area contributed by atoms with Crippen LogP contribution in [0, 0.1) is 0 Å². The Hall–Kier alpha value is -3.10. The normalized spacial score (nSPS) is 14.9. The summed E-state index contributed by atoms with van der Waals surface area (Å²) >= 11 is 0. The number of carbonyl (C=O) groups excluding carboxylic acids is 2. The third-order valence-corrected chi connectivity index (χ3v) is 4.38. The van der Waals surface area contributed by atoms with Crippen molar-refractivity contribution in [3.63, 3.8) is 0 Å². The number of nitrogens with two attached hydrogens (primary N) is 1. The molecule has 144 valence electrons. The van der Waals surface area contributed by atoms with Gasteiger partial charge in [0.15, 0.2) is 0 Å². The molecule has 0 aromatic carbocycles. The number of anilines is 1. The number of amides is 2. The summed E-state index contributed by atoms with van der Waals surface area (Å²) in [5.41, 5.74) is 7.63. The van der Waals surface area contributed by atoms with Crippen LogP contribution >= 0.6 is 0 Å². The molecule has 0 atom stereocenters. The van der Waals surface area contributed by atoms with Crippen LogP contribution in [0.3, 0.4) is 0 Å². The van der Waals surface area contributed by atoms with E-state index in [1.54, 1.807) is 23.4 Å². The molecule has 2 amide bonds. The minimum absolute atomic E-state index is 0.102. The number of primary amides is 1. The van der Waals surface area contributed by atoms with Gasteiger partial charge in [-0.15, -0.1) is 0 Å². The SMILES string of the molecule is NC(=O)C=Cc1c[nH]c2ncc(N3CCN(C(=O)OCCCF)CC3)cc12. The van der Waals surface area contributed by atoms with E-state index >= 15 is 0 Å². The van der Waals surface area contributed by atoms with Crippen molar-refractivity contribution >= 4 is 34.8 Å². The van der Waals surface area contributed by atoms with E-state index in [0.29, 0.717) is 26.2 Å².